The minimum absolute atomic E-state index is 0.00687. The lowest BCUT2D eigenvalue weighted by Crippen LogP contribution is -2.32. The van der Waals surface area contributed by atoms with Crippen LogP contribution in [-0.2, 0) is 4.79 Å². The number of fused-ring (bicyclic) bond motifs is 2. The van der Waals surface area contributed by atoms with Crippen molar-refractivity contribution in [1.82, 2.24) is 0 Å². The number of hydrogen-bond acceptors (Lipinski definition) is 4. The SMILES string of the molecule is CC1(C)[C@H]2CC[C@@]1(C)C(=O)/C2=C/Nc1ccc([N+](=O)[O-])cc1. The molecule has 0 spiro atoms. The molecule has 0 radical (unpaired) electrons. The van der Waals surface area contributed by atoms with Crippen molar-refractivity contribution in [3.63, 3.8) is 0 Å². The Labute approximate surface area is 129 Å². The van der Waals surface area contributed by atoms with Crippen molar-refractivity contribution in [3.05, 3.63) is 46.2 Å². The second-order valence-corrected chi connectivity index (χ2v) is 7.02. The summed E-state index contributed by atoms with van der Waals surface area (Å²) in [5.74, 6) is 0.527. The van der Waals surface area contributed by atoms with E-state index in [9.17, 15) is 14.9 Å². The molecule has 5 nitrogen and oxygen atoms in total. The zero-order valence-corrected chi connectivity index (χ0v) is 13.1. The molecular formula is C17H20N2O3. The number of benzene rings is 1. The fraction of sp³-hybridized carbons (Fsp3) is 0.471. The van der Waals surface area contributed by atoms with Crippen molar-refractivity contribution >= 4 is 17.2 Å². The van der Waals surface area contributed by atoms with Crippen LogP contribution in [0.5, 0.6) is 0 Å². The van der Waals surface area contributed by atoms with E-state index in [1.807, 2.05) is 0 Å². The third-order valence-electron chi connectivity index (χ3n) is 5.84. The Kier molecular flexibility index (Phi) is 3.13. The first kappa shape index (κ1) is 14.8. The van der Waals surface area contributed by atoms with Gasteiger partial charge in [-0.25, -0.2) is 0 Å². The van der Waals surface area contributed by atoms with E-state index in [4.69, 9.17) is 0 Å². The number of carbonyl (C=O) groups excluding carboxylic acids is 1. The number of non-ortho nitro benzene ring substituents is 1. The second kappa shape index (κ2) is 4.66. The number of anilines is 1. The van der Waals surface area contributed by atoms with Gasteiger partial charge in [0, 0.05) is 35.0 Å². The summed E-state index contributed by atoms with van der Waals surface area (Å²) in [6.45, 7) is 6.42. The second-order valence-electron chi connectivity index (χ2n) is 7.02. The van der Waals surface area contributed by atoms with Crippen molar-refractivity contribution in [3.8, 4) is 0 Å². The van der Waals surface area contributed by atoms with Gasteiger partial charge in [0.05, 0.1) is 4.92 Å². The normalized spacial score (nSPS) is 30.8. The van der Waals surface area contributed by atoms with Crippen LogP contribution in [0.4, 0.5) is 11.4 Å². The Morgan fingerprint density at radius 2 is 1.91 bits per heavy atom. The molecule has 2 aliphatic rings. The summed E-state index contributed by atoms with van der Waals surface area (Å²) in [7, 11) is 0. The Morgan fingerprint density at radius 3 is 2.41 bits per heavy atom. The van der Waals surface area contributed by atoms with Gasteiger partial charge in [0.15, 0.2) is 5.78 Å². The van der Waals surface area contributed by atoms with Gasteiger partial charge in [0.25, 0.3) is 5.69 Å². The largest absolute Gasteiger partial charge is 0.361 e. The number of carbonyl (C=O) groups is 1. The number of nitro benzene ring substituents is 1. The summed E-state index contributed by atoms with van der Waals surface area (Å²) in [6, 6.07) is 6.21. The lowest BCUT2D eigenvalue weighted by molar-refractivity contribution is -0.384. The standard InChI is InChI=1S/C17H20N2O3/c1-16(2)14-8-9-17(16,3)15(20)13(14)10-18-11-4-6-12(7-5-11)19(21)22/h4-7,10,14,18H,8-9H2,1-3H3/b13-10+/t14-,17-/m0/s1. The maximum atomic E-state index is 12.7. The molecule has 5 heteroatoms. The van der Waals surface area contributed by atoms with Gasteiger partial charge in [-0.15, -0.1) is 0 Å². The Hall–Kier alpha value is -2.17. The molecule has 0 aliphatic heterocycles. The monoisotopic (exact) mass is 300 g/mol. The third-order valence-corrected chi connectivity index (χ3v) is 5.84. The van der Waals surface area contributed by atoms with Crippen LogP contribution in [-0.4, -0.2) is 10.7 Å². The van der Waals surface area contributed by atoms with E-state index < -0.39 is 4.92 Å². The summed E-state index contributed by atoms with van der Waals surface area (Å²) in [5, 5.41) is 13.8. The van der Waals surface area contributed by atoms with Crippen LogP contribution in [0.3, 0.4) is 0 Å². The first-order chi connectivity index (χ1) is 10.3. The van der Waals surface area contributed by atoms with Crippen molar-refractivity contribution in [2.75, 3.05) is 5.32 Å². The smallest absolute Gasteiger partial charge is 0.269 e. The molecule has 2 saturated carbocycles. The molecule has 2 atom stereocenters. The van der Waals surface area contributed by atoms with E-state index in [0.29, 0.717) is 0 Å². The van der Waals surface area contributed by atoms with Gasteiger partial charge >= 0.3 is 0 Å². The molecule has 0 saturated heterocycles. The highest BCUT2D eigenvalue weighted by Crippen LogP contribution is 2.65. The molecule has 0 aromatic heterocycles. The Morgan fingerprint density at radius 1 is 1.27 bits per heavy atom. The molecule has 22 heavy (non-hydrogen) atoms. The van der Waals surface area contributed by atoms with Crippen LogP contribution in [0.15, 0.2) is 36.0 Å². The highest BCUT2D eigenvalue weighted by atomic mass is 16.6. The van der Waals surface area contributed by atoms with Gasteiger partial charge in [-0.3, -0.25) is 14.9 Å². The molecule has 1 aromatic carbocycles. The average Bonchev–Trinajstić information content (AvgIpc) is 2.78. The van der Waals surface area contributed by atoms with Crippen LogP contribution in [0.25, 0.3) is 0 Å². The van der Waals surface area contributed by atoms with Gasteiger partial charge in [-0.1, -0.05) is 20.8 Å². The lowest BCUT2D eigenvalue weighted by atomic mass is 9.70. The summed E-state index contributed by atoms with van der Waals surface area (Å²) < 4.78 is 0. The number of rotatable bonds is 3. The molecular weight excluding hydrogens is 280 g/mol. The van der Waals surface area contributed by atoms with Crippen molar-refractivity contribution in [2.24, 2.45) is 16.7 Å². The number of nitrogens with zero attached hydrogens (tertiary/aromatic N) is 1. The quantitative estimate of drug-likeness (QED) is 0.522. The van der Waals surface area contributed by atoms with E-state index in [-0.39, 0.29) is 28.2 Å². The highest BCUT2D eigenvalue weighted by molar-refractivity contribution is 6.04. The first-order valence-electron chi connectivity index (χ1n) is 7.53. The third kappa shape index (κ3) is 1.88. The maximum Gasteiger partial charge on any atom is 0.269 e. The molecule has 116 valence electrons. The predicted octanol–water partition coefficient (Wildman–Crippen LogP) is 3.92. The lowest BCUT2D eigenvalue weighted by Gasteiger charge is -2.31. The fourth-order valence-corrected chi connectivity index (χ4v) is 3.93. The van der Waals surface area contributed by atoms with Crippen LogP contribution in [0.2, 0.25) is 0 Å². The predicted molar refractivity (Wildman–Crippen MR) is 84.4 cm³/mol. The molecule has 2 fully saturated rings. The molecule has 2 bridgehead atoms. The van der Waals surface area contributed by atoms with E-state index in [2.05, 4.69) is 26.1 Å². The minimum Gasteiger partial charge on any atom is -0.361 e. The maximum absolute atomic E-state index is 12.7. The van der Waals surface area contributed by atoms with E-state index >= 15 is 0 Å². The number of nitrogens with one attached hydrogen (secondary N) is 1. The van der Waals surface area contributed by atoms with E-state index in [1.54, 1.807) is 18.3 Å². The van der Waals surface area contributed by atoms with Gasteiger partial charge in [-0.05, 0) is 36.3 Å². The Bertz CT molecular complexity index is 676. The highest BCUT2D eigenvalue weighted by Gasteiger charge is 2.63. The zero-order chi connectivity index (χ0) is 16.1. The average molecular weight is 300 g/mol. The molecule has 0 amide bonds. The number of hydrogen-bond donors (Lipinski definition) is 1. The number of Topliss-reactive ketones (excluding diaryl/α,β-unsaturated/α-hetero) is 1. The molecule has 1 aromatic rings. The summed E-state index contributed by atoms with van der Waals surface area (Å²) >= 11 is 0. The summed E-state index contributed by atoms with van der Waals surface area (Å²) in [5.41, 5.74) is 1.39. The van der Waals surface area contributed by atoms with Crippen LogP contribution in [0, 0.1) is 26.9 Å². The fourth-order valence-electron chi connectivity index (χ4n) is 3.93. The molecule has 3 rings (SSSR count). The molecule has 1 N–H and O–H groups in total. The number of ketones is 1. The van der Waals surface area contributed by atoms with Gasteiger partial charge in [0.2, 0.25) is 0 Å². The minimum atomic E-state index is -0.426. The molecule has 2 aliphatic carbocycles. The van der Waals surface area contributed by atoms with E-state index in [1.165, 1.54) is 12.1 Å². The van der Waals surface area contributed by atoms with Crippen molar-refractivity contribution < 1.29 is 9.72 Å². The topological polar surface area (TPSA) is 72.2 Å². The van der Waals surface area contributed by atoms with Crippen LogP contribution >= 0.6 is 0 Å². The summed E-state index contributed by atoms with van der Waals surface area (Å²) in [4.78, 5) is 22.9. The number of allylic oxidation sites excluding steroid dienone is 1. The van der Waals surface area contributed by atoms with E-state index in [0.717, 1.165) is 24.1 Å². The Balaban J connectivity index is 1.82. The van der Waals surface area contributed by atoms with Crippen LogP contribution in [0.1, 0.15) is 33.6 Å². The zero-order valence-electron chi connectivity index (χ0n) is 13.1. The number of nitro groups is 1. The molecule has 0 heterocycles. The van der Waals surface area contributed by atoms with Crippen molar-refractivity contribution in [1.29, 1.82) is 0 Å². The molecule has 0 unspecified atom stereocenters. The van der Waals surface area contributed by atoms with Crippen LogP contribution < -0.4 is 5.32 Å². The first-order valence-corrected chi connectivity index (χ1v) is 7.53. The van der Waals surface area contributed by atoms with Gasteiger partial charge in [-0.2, -0.15) is 0 Å². The van der Waals surface area contributed by atoms with Gasteiger partial charge in [0.1, 0.15) is 0 Å². The van der Waals surface area contributed by atoms with Gasteiger partial charge < -0.3 is 5.32 Å². The van der Waals surface area contributed by atoms with Crippen molar-refractivity contribution in [2.45, 2.75) is 33.6 Å². The summed E-state index contributed by atoms with van der Waals surface area (Å²) in [6.07, 6.45) is 3.79.